The minimum atomic E-state index is -0.0989. The zero-order valence-corrected chi connectivity index (χ0v) is 12.4. The third-order valence-electron chi connectivity index (χ3n) is 3.61. The van der Waals surface area contributed by atoms with Crippen LogP contribution in [0.25, 0.3) is 0 Å². The van der Waals surface area contributed by atoms with E-state index >= 15 is 0 Å². The molecular formula is C14H27N3O2. The molecule has 0 spiro atoms. The Morgan fingerprint density at radius 1 is 1.37 bits per heavy atom. The molecule has 5 heteroatoms. The van der Waals surface area contributed by atoms with Gasteiger partial charge in [-0.05, 0) is 39.7 Å². The van der Waals surface area contributed by atoms with Gasteiger partial charge in [-0.2, -0.15) is 0 Å². The number of hydrogen-bond acceptors (Lipinski definition) is 3. The quantitative estimate of drug-likeness (QED) is 0.745. The predicted octanol–water partition coefficient (Wildman–Crippen LogP) is 0.845. The van der Waals surface area contributed by atoms with Crippen molar-refractivity contribution < 1.29 is 9.59 Å². The van der Waals surface area contributed by atoms with E-state index in [2.05, 4.69) is 12.2 Å². The van der Waals surface area contributed by atoms with E-state index in [1.807, 2.05) is 13.8 Å². The molecule has 5 nitrogen and oxygen atoms in total. The molecule has 2 amide bonds. The second kappa shape index (κ2) is 8.15. The molecule has 19 heavy (non-hydrogen) atoms. The highest BCUT2D eigenvalue weighted by molar-refractivity contribution is 5.88. The fourth-order valence-electron chi connectivity index (χ4n) is 2.44. The predicted molar refractivity (Wildman–Crippen MR) is 75.8 cm³/mol. The molecule has 0 aliphatic carbocycles. The lowest BCUT2D eigenvalue weighted by Crippen LogP contribution is -2.53. The van der Waals surface area contributed by atoms with Gasteiger partial charge in [-0.3, -0.25) is 9.59 Å². The average molecular weight is 269 g/mol. The summed E-state index contributed by atoms with van der Waals surface area (Å²) in [6.07, 6.45) is 2.87. The standard InChI is InChI=1S/C14H27N3O2/c1-4-9-15-12-8-7-10-17(14(12)19)11-13(18)16(5-2)6-3/h12,15H,4-11H2,1-3H3. The smallest absolute Gasteiger partial charge is 0.242 e. The molecule has 1 aliphatic rings. The molecule has 0 aromatic carbocycles. The molecule has 1 rings (SSSR count). The van der Waals surface area contributed by atoms with Crippen molar-refractivity contribution in [2.45, 2.75) is 46.1 Å². The van der Waals surface area contributed by atoms with Gasteiger partial charge in [0, 0.05) is 19.6 Å². The van der Waals surface area contributed by atoms with Crippen LogP contribution in [0.5, 0.6) is 0 Å². The van der Waals surface area contributed by atoms with Crippen LogP contribution in [0, 0.1) is 0 Å². The van der Waals surface area contributed by atoms with Gasteiger partial charge in [-0.15, -0.1) is 0 Å². The number of likely N-dealkylation sites (tertiary alicyclic amines) is 1. The number of carbonyl (C=O) groups excluding carboxylic acids is 2. The molecule has 0 aromatic heterocycles. The Kier molecular flexibility index (Phi) is 6.84. The molecule has 1 N–H and O–H groups in total. The first-order valence-electron chi connectivity index (χ1n) is 7.43. The molecule has 1 atom stereocenters. The number of rotatable bonds is 7. The summed E-state index contributed by atoms with van der Waals surface area (Å²) in [6, 6.07) is -0.0989. The maximum atomic E-state index is 12.3. The maximum absolute atomic E-state index is 12.3. The van der Waals surface area contributed by atoms with Gasteiger partial charge in [-0.25, -0.2) is 0 Å². The number of nitrogens with one attached hydrogen (secondary N) is 1. The van der Waals surface area contributed by atoms with Crippen molar-refractivity contribution in [1.82, 2.24) is 15.1 Å². The molecule has 110 valence electrons. The summed E-state index contributed by atoms with van der Waals surface area (Å²) in [7, 11) is 0. The zero-order chi connectivity index (χ0) is 14.3. The first-order chi connectivity index (χ1) is 9.13. The normalized spacial score (nSPS) is 19.6. The summed E-state index contributed by atoms with van der Waals surface area (Å²) < 4.78 is 0. The van der Waals surface area contributed by atoms with Crippen LogP contribution in [-0.4, -0.2) is 60.4 Å². The first-order valence-corrected chi connectivity index (χ1v) is 7.43. The Morgan fingerprint density at radius 2 is 2.05 bits per heavy atom. The van der Waals surface area contributed by atoms with E-state index in [4.69, 9.17) is 0 Å². The van der Waals surface area contributed by atoms with E-state index in [0.29, 0.717) is 19.6 Å². The Hall–Kier alpha value is -1.10. The number of amides is 2. The van der Waals surface area contributed by atoms with Crippen molar-refractivity contribution in [2.75, 3.05) is 32.7 Å². The lowest BCUT2D eigenvalue weighted by Gasteiger charge is -2.33. The molecule has 1 aliphatic heterocycles. The van der Waals surface area contributed by atoms with Crippen LogP contribution in [0.4, 0.5) is 0 Å². The lowest BCUT2D eigenvalue weighted by atomic mass is 10.0. The molecule has 1 saturated heterocycles. The Bertz CT molecular complexity index is 303. The van der Waals surface area contributed by atoms with E-state index in [9.17, 15) is 9.59 Å². The molecule has 1 heterocycles. The zero-order valence-electron chi connectivity index (χ0n) is 12.4. The Balaban J connectivity index is 2.53. The van der Waals surface area contributed by atoms with E-state index in [-0.39, 0.29) is 24.4 Å². The van der Waals surface area contributed by atoms with E-state index in [1.54, 1.807) is 9.80 Å². The van der Waals surface area contributed by atoms with Crippen molar-refractivity contribution in [2.24, 2.45) is 0 Å². The molecular weight excluding hydrogens is 242 g/mol. The molecule has 0 bridgehead atoms. The number of piperidine rings is 1. The number of hydrogen-bond donors (Lipinski definition) is 1. The fourth-order valence-corrected chi connectivity index (χ4v) is 2.44. The molecule has 1 fully saturated rings. The van der Waals surface area contributed by atoms with Gasteiger partial charge in [0.2, 0.25) is 11.8 Å². The van der Waals surface area contributed by atoms with Crippen LogP contribution < -0.4 is 5.32 Å². The SMILES string of the molecule is CCCNC1CCCN(CC(=O)N(CC)CC)C1=O. The number of nitrogens with zero attached hydrogens (tertiary/aromatic N) is 2. The lowest BCUT2D eigenvalue weighted by molar-refractivity contribution is -0.143. The summed E-state index contributed by atoms with van der Waals surface area (Å²) in [5.41, 5.74) is 0. The van der Waals surface area contributed by atoms with Gasteiger partial charge < -0.3 is 15.1 Å². The highest BCUT2D eigenvalue weighted by Crippen LogP contribution is 2.12. The summed E-state index contributed by atoms with van der Waals surface area (Å²) in [4.78, 5) is 27.8. The average Bonchev–Trinajstić information content (AvgIpc) is 2.41. The third-order valence-corrected chi connectivity index (χ3v) is 3.61. The monoisotopic (exact) mass is 269 g/mol. The Labute approximate surface area is 116 Å². The van der Waals surface area contributed by atoms with Crippen molar-refractivity contribution in [3.8, 4) is 0 Å². The second-order valence-corrected chi connectivity index (χ2v) is 4.97. The topological polar surface area (TPSA) is 52.7 Å². The summed E-state index contributed by atoms with van der Waals surface area (Å²) in [5.74, 6) is 0.134. The van der Waals surface area contributed by atoms with Gasteiger partial charge in [0.1, 0.15) is 0 Å². The minimum Gasteiger partial charge on any atom is -0.342 e. The van der Waals surface area contributed by atoms with E-state index in [1.165, 1.54) is 0 Å². The van der Waals surface area contributed by atoms with Crippen molar-refractivity contribution >= 4 is 11.8 Å². The van der Waals surface area contributed by atoms with Crippen molar-refractivity contribution in [1.29, 1.82) is 0 Å². The molecule has 1 unspecified atom stereocenters. The first kappa shape index (κ1) is 16.0. The summed E-state index contributed by atoms with van der Waals surface area (Å²) in [5, 5.41) is 3.27. The van der Waals surface area contributed by atoms with Crippen LogP contribution in [0.15, 0.2) is 0 Å². The minimum absolute atomic E-state index is 0.0505. The second-order valence-electron chi connectivity index (χ2n) is 4.97. The van der Waals surface area contributed by atoms with Crippen LogP contribution in [0.1, 0.15) is 40.0 Å². The maximum Gasteiger partial charge on any atom is 0.242 e. The van der Waals surface area contributed by atoms with E-state index in [0.717, 1.165) is 25.8 Å². The van der Waals surface area contributed by atoms with Gasteiger partial charge in [-0.1, -0.05) is 6.92 Å². The van der Waals surface area contributed by atoms with Crippen LogP contribution in [0.3, 0.4) is 0 Å². The van der Waals surface area contributed by atoms with Crippen molar-refractivity contribution in [3.05, 3.63) is 0 Å². The number of likely N-dealkylation sites (N-methyl/N-ethyl adjacent to an activating group) is 1. The fraction of sp³-hybridized carbons (Fsp3) is 0.857. The largest absolute Gasteiger partial charge is 0.342 e. The Morgan fingerprint density at radius 3 is 2.63 bits per heavy atom. The van der Waals surface area contributed by atoms with Gasteiger partial charge in [0.05, 0.1) is 12.6 Å². The van der Waals surface area contributed by atoms with Crippen LogP contribution in [-0.2, 0) is 9.59 Å². The van der Waals surface area contributed by atoms with Crippen LogP contribution >= 0.6 is 0 Å². The number of carbonyl (C=O) groups is 2. The van der Waals surface area contributed by atoms with Gasteiger partial charge in [0.15, 0.2) is 0 Å². The third kappa shape index (κ3) is 4.49. The van der Waals surface area contributed by atoms with Gasteiger partial charge >= 0.3 is 0 Å². The molecule has 0 radical (unpaired) electrons. The highest BCUT2D eigenvalue weighted by Gasteiger charge is 2.29. The summed E-state index contributed by atoms with van der Waals surface area (Å²) in [6.45, 7) is 9.21. The highest BCUT2D eigenvalue weighted by atomic mass is 16.2. The van der Waals surface area contributed by atoms with E-state index < -0.39 is 0 Å². The molecule has 0 saturated carbocycles. The summed E-state index contributed by atoms with van der Waals surface area (Å²) >= 11 is 0. The molecule has 0 aromatic rings. The van der Waals surface area contributed by atoms with Gasteiger partial charge in [0.25, 0.3) is 0 Å². The van der Waals surface area contributed by atoms with Crippen LogP contribution in [0.2, 0.25) is 0 Å². The van der Waals surface area contributed by atoms with Crippen molar-refractivity contribution in [3.63, 3.8) is 0 Å².